The molecule has 3 unspecified atom stereocenters. The molecule has 3 atom stereocenters. The number of hydrogen-bond acceptors (Lipinski definition) is 1. The number of para-hydroxylation sites is 2. The van der Waals surface area contributed by atoms with Crippen LogP contribution in [0.25, 0.3) is 21.9 Å². The van der Waals surface area contributed by atoms with Crippen LogP contribution in [0, 0.1) is 5.41 Å². The smallest absolute Gasteiger partial charge is 0.0474 e. The molecule has 0 heterocycles. The van der Waals surface area contributed by atoms with E-state index in [4.69, 9.17) is 0 Å². The van der Waals surface area contributed by atoms with E-state index in [2.05, 4.69) is 120 Å². The van der Waals surface area contributed by atoms with Crippen LogP contribution in [0.5, 0.6) is 0 Å². The summed E-state index contributed by atoms with van der Waals surface area (Å²) in [6, 6.07) is 42.6. The fourth-order valence-corrected chi connectivity index (χ4v) is 7.83. The number of fused-ring (bicyclic) bond motifs is 5. The number of rotatable bonds is 4. The van der Waals surface area contributed by atoms with Crippen LogP contribution in [0.15, 0.2) is 115 Å². The molecule has 8 rings (SSSR count). The highest BCUT2D eigenvalue weighted by molar-refractivity contribution is 6.01. The van der Waals surface area contributed by atoms with Gasteiger partial charge in [0.25, 0.3) is 0 Å². The van der Waals surface area contributed by atoms with Gasteiger partial charge in [-0.15, -0.1) is 0 Å². The van der Waals surface area contributed by atoms with E-state index in [1.165, 1.54) is 71.1 Å². The van der Waals surface area contributed by atoms with Gasteiger partial charge in [0.15, 0.2) is 0 Å². The molecule has 180 valence electrons. The highest BCUT2D eigenvalue weighted by atomic mass is 15.1. The lowest BCUT2D eigenvalue weighted by Gasteiger charge is -2.51. The van der Waals surface area contributed by atoms with Crippen molar-refractivity contribution in [3.63, 3.8) is 0 Å². The van der Waals surface area contributed by atoms with Gasteiger partial charge in [-0.05, 0) is 119 Å². The molecule has 37 heavy (non-hydrogen) atoms. The van der Waals surface area contributed by atoms with Gasteiger partial charge in [0.1, 0.15) is 0 Å². The average molecular weight is 478 g/mol. The minimum absolute atomic E-state index is 0.623. The van der Waals surface area contributed by atoms with E-state index >= 15 is 0 Å². The second-order valence-corrected chi connectivity index (χ2v) is 11.5. The fourth-order valence-electron chi connectivity index (χ4n) is 7.83. The Hall–Kier alpha value is -3.84. The largest absolute Gasteiger partial charge is 0.310 e. The normalized spacial score (nSPS) is 23.2. The Balaban J connectivity index is 1.33. The molecule has 1 heteroatoms. The van der Waals surface area contributed by atoms with Crippen molar-refractivity contribution in [2.24, 2.45) is 5.41 Å². The van der Waals surface area contributed by atoms with Crippen LogP contribution in [0.4, 0.5) is 17.1 Å². The minimum Gasteiger partial charge on any atom is -0.310 e. The molecule has 0 N–H and O–H groups in total. The summed E-state index contributed by atoms with van der Waals surface area (Å²) < 4.78 is 0. The summed E-state index contributed by atoms with van der Waals surface area (Å²) in [5.74, 6) is 1.57. The third-order valence-corrected chi connectivity index (χ3v) is 9.66. The van der Waals surface area contributed by atoms with Gasteiger partial charge in [0.05, 0.1) is 0 Å². The Morgan fingerprint density at radius 2 is 1.30 bits per heavy atom. The molecule has 1 nitrogen and oxygen atoms in total. The summed E-state index contributed by atoms with van der Waals surface area (Å²) in [7, 11) is 0. The predicted molar refractivity (Wildman–Crippen MR) is 155 cm³/mol. The zero-order valence-corrected chi connectivity index (χ0v) is 21.1. The van der Waals surface area contributed by atoms with Crippen molar-refractivity contribution in [2.45, 2.75) is 43.9 Å². The molecule has 5 aromatic carbocycles. The summed E-state index contributed by atoms with van der Waals surface area (Å²) >= 11 is 0. The van der Waals surface area contributed by atoms with Crippen molar-refractivity contribution in [3.8, 4) is 11.1 Å². The van der Waals surface area contributed by atoms with Gasteiger partial charge >= 0.3 is 0 Å². The molecule has 1 spiro atoms. The van der Waals surface area contributed by atoms with Crippen LogP contribution in [0.3, 0.4) is 0 Å². The lowest BCUT2D eigenvalue weighted by Crippen LogP contribution is -2.38. The van der Waals surface area contributed by atoms with Crippen molar-refractivity contribution >= 4 is 27.8 Å². The first kappa shape index (κ1) is 21.3. The molecule has 0 aliphatic heterocycles. The first-order valence-electron chi connectivity index (χ1n) is 13.9. The predicted octanol–water partition coefficient (Wildman–Crippen LogP) is 10.1. The number of anilines is 3. The average Bonchev–Trinajstić information content (AvgIpc) is 3.38. The molecule has 2 fully saturated rings. The molecule has 2 saturated carbocycles. The maximum Gasteiger partial charge on any atom is 0.0474 e. The van der Waals surface area contributed by atoms with Gasteiger partial charge in [-0.25, -0.2) is 0 Å². The monoisotopic (exact) mass is 477 g/mol. The minimum atomic E-state index is 0.623. The second kappa shape index (κ2) is 8.08. The Morgan fingerprint density at radius 3 is 2.03 bits per heavy atom. The van der Waals surface area contributed by atoms with Crippen molar-refractivity contribution in [3.05, 3.63) is 126 Å². The van der Waals surface area contributed by atoms with Crippen molar-refractivity contribution in [2.75, 3.05) is 4.90 Å². The molecule has 0 radical (unpaired) electrons. The topological polar surface area (TPSA) is 3.24 Å². The number of hydrogen-bond donors (Lipinski definition) is 0. The van der Waals surface area contributed by atoms with E-state index in [-0.39, 0.29) is 0 Å². The lowest BCUT2D eigenvalue weighted by atomic mass is 9.53. The van der Waals surface area contributed by atoms with Gasteiger partial charge in [-0.2, -0.15) is 0 Å². The standard InChI is InChI=1S/C36H31N/c1-3-10-28(11-4-1)37(29-12-5-2-6-13-29)30-21-25-9-7-8-14-31(25)33(23-30)26-15-16-32-27-17-19-36(24-27)20-18-35(36)34(32)22-26/h1-16,21-23,27,35H,17-20,24H2. The summed E-state index contributed by atoms with van der Waals surface area (Å²) in [5, 5.41) is 2.61. The maximum atomic E-state index is 2.58. The third kappa shape index (κ3) is 3.23. The second-order valence-electron chi connectivity index (χ2n) is 11.5. The Morgan fingerprint density at radius 1 is 0.595 bits per heavy atom. The van der Waals surface area contributed by atoms with Crippen LogP contribution in [0.1, 0.15) is 55.1 Å². The van der Waals surface area contributed by atoms with Crippen molar-refractivity contribution < 1.29 is 0 Å². The molecule has 2 bridgehead atoms. The van der Waals surface area contributed by atoms with Gasteiger partial charge in [0.2, 0.25) is 0 Å². The SMILES string of the molecule is c1ccc(N(c2ccccc2)c2cc(-c3ccc4c(c3)C3CCC35CCC4C5)c3ccccc3c2)cc1. The Bertz CT molecular complexity index is 1580. The highest BCUT2D eigenvalue weighted by Gasteiger charge is 2.55. The third-order valence-electron chi connectivity index (χ3n) is 9.66. The molecular formula is C36H31N. The molecule has 3 aliphatic rings. The first-order valence-corrected chi connectivity index (χ1v) is 13.9. The van der Waals surface area contributed by atoms with Crippen molar-refractivity contribution in [1.29, 1.82) is 0 Å². The molecule has 3 aliphatic carbocycles. The van der Waals surface area contributed by atoms with E-state index in [9.17, 15) is 0 Å². The Labute approximate surface area is 219 Å². The van der Waals surface area contributed by atoms with Gasteiger partial charge < -0.3 is 4.90 Å². The summed E-state index contributed by atoms with van der Waals surface area (Å²) in [6.07, 6.45) is 7.09. The molecule has 0 saturated heterocycles. The van der Waals surface area contributed by atoms with Crippen LogP contribution in [0.2, 0.25) is 0 Å². The van der Waals surface area contributed by atoms with Gasteiger partial charge in [0, 0.05) is 17.1 Å². The Kier molecular flexibility index (Phi) is 4.64. The van der Waals surface area contributed by atoms with E-state index in [0.717, 1.165) is 11.8 Å². The van der Waals surface area contributed by atoms with Crippen molar-refractivity contribution in [1.82, 2.24) is 0 Å². The fraction of sp³-hybridized carbons (Fsp3) is 0.222. The molecular weight excluding hydrogens is 446 g/mol. The number of benzene rings is 5. The first-order chi connectivity index (χ1) is 18.3. The zero-order valence-electron chi connectivity index (χ0n) is 21.1. The highest BCUT2D eigenvalue weighted by Crippen LogP contribution is 2.69. The van der Waals surface area contributed by atoms with Crippen LogP contribution in [-0.4, -0.2) is 0 Å². The lowest BCUT2D eigenvalue weighted by molar-refractivity contribution is 0.0879. The quantitative estimate of drug-likeness (QED) is 0.249. The maximum absolute atomic E-state index is 2.58. The summed E-state index contributed by atoms with van der Waals surface area (Å²) in [6.45, 7) is 0. The van der Waals surface area contributed by atoms with E-state index < -0.39 is 0 Å². The van der Waals surface area contributed by atoms with Crippen LogP contribution >= 0.6 is 0 Å². The summed E-state index contributed by atoms with van der Waals surface area (Å²) in [5.41, 5.74) is 10.2. The van der Waals surface area contributed by atoms with Gasteiger partial charge in [-0.3, -0.25) is 0 Å². The van der Waals surface area contributed by atoms with E-state index in [1.807, 2.05) is 0 Å². The van der Waals surface area contributed by atoms with E-state index in [1.54, 1.807) is 11.1 Å². The van der Waals surface area contributed by atoms with E-state index in [0.29, 0.717) is 5.41 Å². The number of nitrogens with zero attached hydrogens (tertiary/aromatic N) is 1. The van der Waals surface area contributed by atoms with Gasteiger partial charge in [-0.1, -0.05) is 78.9 Å². The summed E-state index contributed by atoms with van der Waals surface area (Å²) in [4.78, 5) is 2.38. The molecule has 0 amide bonds. The zero-order chi connectivity index (χ0) is 24.4. The van der Waals surface area contributed by atoms with Crippen LogP contribution < -0.4 is 4.90 Å². The molecule has 5 aromatic rings. The molecule has 0 aromatic heterocycles. The van der Waals surface area contributed by atoms with Crippen LogP contribution in [-0.2, 0) is 0 Å².